The van der Waals surface area contributed by atoms with Gasteiger partial charge in [-0.15, -0.1) is 0 Å². The van der Waals surface area contributed by atoms with Crippen LogP contribution in [0, 0.1) is 0 Å². The van der Waals surface area contributed by atoms with Crippen molar-refractivity contribution >= 4 is 16.9 Å². The Balaban J connectivity index is 1.27. The summed E-state index contributed by atoms with van der Waals surface area (Å²) in [5.41, 5.74) is 7.93. The first kappa shape index (κ1) is 24.5. The lowest BCUT2D eigenvalue weighted by atomic mass is 9.98. The second kappa shape index (κ2) is 11.3. The van der Waals surface area contributed by atoms with E-state index in [1.165, 1.54) is 16.7 Å². The molecule has 0 aliphatic carbocycles. The monoisotopic (exact) mass is 487 g/mol. The minimum atomic E-state index is -0.0102. The number of para-hydroxylation sites is 2. The highest BCUT2D eigenvalue weighted by atomic mass is 16.1. The molecule has 0 radical (unpaired) electrons. The third-order valence-corrected chi connectivity index (χ3v) is 7.10. The number of benzene rings is 4. The van der Waals surface area contributed by atoms with Gasteiger partial charge in [0.25, 0.3) is 0 Å². The van der Waals surface area contributed by atoms with Crippen LogP contribution in [-0.2, 0) is 24.3 Å². The molecular formula is C33H33N3O. The first-order valence-electron chi connectivity index (χ1n) is 13.0. The lowest BCUT2D eigenvalue weighted by Gasteiger charge is -2.13. The molecule has 186 valence electrons. The molecule has 4 heteroatoms. The van der Waals surface area contributed by atoms with E-state index < -0.39 is 0 Å². The molecule has 0 fully saturated rings. The van der Waals surface area contributed by atoms with E-state index in [0.717, 1.165) is 34.4 Å². The van der Waals surface area contributed by atoms with E-state index in [-0.39, 0.29) is 5.91 Å². The van der Waals surface area contributed by atoms with Crippen molar-refractivity contribution in [3.63, 3.8) is 0 Å². The van der Waals surface area contributed by atoms with E-state index in [1.54, 1.807) is 0 Å². The van der Waals surface area contributed by atoms with E-state index in [2.05, 4.69) is 78.3 Å². The Morgan fingerprint density at radius 1 is 0.811 bits per heavy atom. The number of rotatable bonds is 9. The molecule has 1 N–H and O–H groups in total. The molecule has 37 heavy (non-hydrogen) atoms. The van der Waals surface area contributed by atoms with Crippen molar-refractivity contribution in [2.45, 2.75) is 45.7 Å². The second-order valence-corrected chi connectivity index (χ2v) is 9.67. The number of carbonyl (C=O) groups is 1. The summed E-state index contributed by atoms with van der Waals surface area (Å²) in [5.74, 6) is 1.41. The van der Waals surface area contributed by atoms with Crippen LogP contribution in [0.15, 0.2) is 103 Å². The SMILES string of the molecule is CCC(C)c1ccc(Cn2c(CNC(=O)Cc3ccc(-c4ccccc4)cc3)nc3ccccc32)cc1. The zero-order valence-corrected chi connectivity index (χ0v) is 21.5. The summed E-state index contributed by atoms with van der Waals surface area (Å²) < 4.78 is 2.21. The maximum atomic E-state index is 12.8. The van der Waals surface area contributed by atoms with E-state index in [1.807, 2.05) is 48.5 Å². The Morgan fingerprint density at radius 3 is 2.19 bits per heavy atom. The number of hydrogen-bond donors (Lipinski definition) is 1. The number of fused-ring (bicyclic) bond motifs is 1. The normalized spacial score (nSPS) is 11.9. The van der Waals surface area contributed by atoms with Crippen molar-refractivity contribution in [3.05, 3.63) is 126 Å². The predicted molar refractivity (Wildman–Crippen MR) is 151 cm³/mol. The third kappa shape index (κ3) is 5.80. The smallest absolute Gasteiger partial charge is 0.224 e. The van der Waals surface area contributed by atoms with Crippen LogP contribution in [0.25, 0.3) is 22.2 Å². The molecule has 0 saturated carbocycles. The molecule has 0 saturated heterocycles. The highest BCUT2D eigenvalue weighted by Crippen LogP contribution is 2.22. The number of nitrogens with zero attached hydrogens (tertiary/aromatic N) is 2. The molecule has 0 aliphatic rings. The Hall–Kier alpha value is -4.18. The van der Waals surface area contributed by atoms with Crippen LogP contribution in [0.3, 0.4) is 0 Å². The van der Waals surface area contributed by atoms with Gasteiger partial charge in [-0.05, 0) is 52.3 Å². The molecule has 5 aromatic rings. The van der Waals surface area contributed by atoms with Crippen molar-refractivity contribution in [1.82, 2.24) is 14.9 Å². The summed E-state index contributed by atoms with van der Waals surface area (Å²) >= 11 is 0. The second-order valence-electron chi connectivity index (χ2n) is 9.67. The van der Waals surface area contributed by atoms with Gasteiger partial charge < -0.3 is 9.88 Å². The molecule has 1 aromatic heterocycles. The summed E-state index contributed by atoms with van der Waals surface area (Å²) in [6.45, 7) is 5.58. The number of amides is 1. The fourth-order valence-electron chi connectivity index (χ4n) is 4.68. The van der Waals surface area contributed by atoms with Crippen LogP contribution >= 0.6 is 0 Å². The van der Waals surface area contributed by atoms with Gasteiger partial charge in [0.1, 0.15) is 5.82 Å². The summed E-state index contributed by atoms with van der Waals surface area (Å²) in [6, 6.07) is 35.5. The van der Waals surface area contributed by atoms with Gasteiger partial charge in [-0.3, -0.25) is 4.79 Å². The summed E-state index contributed by atoms with van der Waals surface area (Å²) in [4.78, 5) is 17.6. The van der Waals surface area contributed by atoms with Gasteiger partial charge in [0.2, 0.25) is 5.91 Å². The maximum absolute atomic E-state index is 12.8. The molecule has 4 aromatic carbocycles. The van der Waals surface area contributed by atoms with Crippen LogP contribution in [0.2, 0.25) is 0 Å². The lowest BCUT2D eigenvalue weighted by Crippen LogP contribution is -2.26. The average molecular weight is 488 g/mol. The van der Waals surface area contributed by atoms with Gasteiger partial charge in [-0.1, -0.05) is 105 Å². The zero-order chi connectivity index (χ0) is 25.6. The van der Waals surface area contributed by atoms with Crippen LogP contribution in [-0.4, -0.2) is 15.5 Å². The Kier molecular flexibility index (Phi) is 7.46. The van der Waals surface area contributed by atoms with Gasteiger partial charge in [-0.25, -0.2) is 4.98 Å². The topological polar surface area (TPSA) is 46.9 Å². The Morgan fingerprint density at radius 2 is 1.46 bits per heavy atom. The lowest BCUT2D eigenvalue weighted by molar-refractivity contribution is -0.120. The van der Waals surface area contributed by atoms with E-state index in [4.69, 9.17) is 4.98 Å². The summed E-state index contributed by atoms with van der Waals surface area (Å²) in [6.07, 6.45) is 1.47. The van der Waals surface area contributed by atoms with Gasteiger partial charge >= 0.3 is 0 Å². The maximum Gasteiger partial charge on any atom is 0.224 e. The highest BCUT2D eigenvalue weighted by molar-refractivity contribution is 5.79. The van der Waals surface area contributed by atoms with E-state index >= 15 is 0 Å². The average Bonchev–Trinajstić information content (AvgIpc) is 3.30. The molecular weight excluding hydrogens is 454 g/mol. The van der Waals surface area contributed by atoms with Crippen molar-refractivity contribution < 1.29 is 4.79 Å². The van der Waals surface area contributed by atoms with Gasteiger partial charge in [0, 0.05) is 6.54 Å². The number of hydrogen-bond acceptors (Lipinski definition) is 2. The van der Waals surface area contributed by atoms with Crippen LogP contribution in [0.5, 0.6) is 0 Å². The first-order chi connectivity index (χ1) is 18.1. The molecule has 0 aliphatic heterocycles. The molecule has 1 amide bonds. The third-order valence-electron chi connectivity index (χ3n) is 7.10. The molecule has 1 heterocycles. The highest BCUT2D eigenvalue weighted by Gasteiger charge is 2.13. The predicted octanol–water partition coefficient (Wildman–Crippen LogP) is 7.12. The quantitative estimate of drug-likeness (QED) is 0.240. The Labute approximate surface area is 219 Å². The van der Waals surface area contributed by atoms with Gasteiger partial charge in [0.05, 0.1) is 24.0 Å². The molecule has 0 bridgehead atoms. The number of aromatic nitrogens is 2. The van der Waals surface area contributed by atoms with Crippen molar-refractivity contribution in [3.8, 4) is 11.1 Å². The minimum Gasteiger partial charge on any atom is -0.349 e. The van der Waals surface area contributed by atoms with Crippen LogP contribution in [0.4, 0.5) is 0 Å². The number of nitrogens with one attached hydrogen (secondary N) is 1. The van der Waals surface area contributed by atoms with Crippen molar-refractivity contribution in [2.75, 3.05) is 0 Å². The van der Waals surface area contributed by atoms with Gasteiger partial charge in [-0.2, -0.15) is 0 Å². The van der Waals surface area contributed by atoms with E-state index in [9.17, 15) is 4.79 Å². The fraction of sp³-hybridized carbons (Fsp3) is 0.212. The zero-order valence-electron chi connectivity index (χ0n) is 21.5. The Bertz CT molecular complexity index is 1470. The molecule has 4 nitrogen and oxygen atoms in total. The fourth-order valence-corrected chi connectivity index (χ4v) is 4.68. The largest absolute Gasteiger partial charge is 0.349 e. The number of imidazole rings is 1. The molecule has 1 unspecified atom stereocenters. The van der Waals surface area contributed by atoms with Gasteiger partial charge in [0.15, 0.2) is 0 Å². The minimum absolute atomic E-state index is 0.0102. The van der Waals surface area contributed by atoms with E-state index in [0.29, 0.717) is 25.4 Å². The summed E-state index contributed by atoms with van der Waals surface area (Å²) in [7, 11) is 0. The van der Waals surface area contributed by atoms with Crippen LogP contribution < -0.4 is 5.32 Å². The molecule has 5 rings (SSSR count). The standard InChI is InChI=1S/C33H33N3O/c1-3-24(2)27-17-15-26(16-18-27)23-36-31-12-8-7-11-30(31)35-32(36)22-34-33(37)21-25-13-19-29(20-14-25)28-9-5-4-6-10-28/h4-20,24H,3,21-23H2,1-2H3,(H,34,37). The number of carbonyl (C=O) groups excluding carboxylic acids is 1. The van der Waals surface area contributed by atoms with Crippen molar-refractivity contribution in [2.24, 2.45) is 0 Å². The van der Waals surface area contributed by atoms with Crippen LogP contribution in [0.1, 0.15) is 48.7 Å². The first-order valence-corrected chi connectivity index (χ1v) is 13.0. The molecule has 1 atom stereocenters. The van der Waals surface area contributed by atoms with Crippen molar-refractivity contribution in [1.29, 1.82) is 0 Å². The summed E-state index contributed by atoms with van der Waals surface area (Å²) in [5, 5.41) is 3.09. The molecule has 0 spiro atoms.